The maximum atomic E-state index is 11.6. The number of aliphatic hydroxyl groups excluding tert-OH is 1. The monoisotopic (exact) mass is 414 g/mol. The number of hydrogen-bond donors (Lipinski definition) is 1. The van der Waals surface area contributed by atoms with E-state index in [4.69, 9.17) is 0 Å². The van der Waals surface area contributed by atoms with Crippen LogP contribution in [0, 0.1) is 20.8 Å². The third-order valence-electron chi connectivity index (χ3n) is 6.29. The zero-order valence-electron chi connectivity index (χ0n) is 18.7. The zero-order chi connectivity index (χ0) is 22.2. The highest BCUT2D eigenvalue weighted by Gasteiger charge is 2.20. The maximum Gasteiger partial charge on any atom is 0.131 e. The fourth-order valence-corrected chi connectivity index (χ4v) is 4.71. The lowest BCUT2D eigenvalue weighted by atomic mass is 9.84. The summed E-state index contributed by atoms with van der Waals surface area (Å²) in [7, 11) is 0. The Labute approximate surface area is 189 Å². The number of aliphatic hydroxyl groups is 1. The Hall–Kier alpha value is -3.84. The molecule has 5 rings (SSSR count). The molecule has 1 nitrogen and oxygen atoms in total. The van der Waals surface area contributed by atoms with Crippen LogP contribution in [0.15, 0.2) is 97.1 Å². The highest BCUT2D eigenvalue weighted by molar-refractivity contribution is 6.17. The van der Waals surface area contributed by atoms with Crippen LogP contribution in [-0.2, 0) is 0 Å². The molecule has 0 amide bonds. The van der Waals surface area contributed by atoms with Gasteiger partial charge < -0.3 is 5.11 Å². The van der Waals surface area contributed by atoms with Crippen LogP contribution < -0.4 is 0 Å². The quantitative estimate of drug-likeness (QED) is 0.178. The van der Waals surface area contributed by atoms with Crippen molar-refractivity contribution >= 4 is 32.9 Å². The lowest BCUT2D eigenvalue weighted by Gasteiger charge is -2.20. The number of hydrogen-bond acceptors (Lipinski definition) is 1. The molecule has 0 bridgehead atoms. The molecule has 0 radical (unpaired) electrons. The second-order valence-corrected chi connectivity index (χ2v) is 8.55. The molecule has 156 valence electrons. The van der Waals surface area contributed by atoms with E-state index in [1.165, 1.54) is 32.8 Å². The van der Waals surface area contributed by atoms with Crippen LogP contribution in [0.1, 0.15) is 33.4 Å². The summed E-state index contributed by atoms with van der Waals surface area (Å²) in [4.78, 5) is 0. The van der Waals surface area contributed by atoms with E-state index in [0.717, 1.165) is 27.6 Å². The molecule has 5 aromatic rings. The highest BCUT2D eigenvalue weighted by atomic mass is 16.3. The topological polar surface area (TPSA) is 20.2 Å². The van der Waals surface area contributed by atoms with Crippen LogP contribution >= 0.6 is 0 Å². The van der Waals surface area contributed by atoms with Crippen LogP contribution in [0.4, 0.5) is 0 Å². The van der Waals surface area contributed by atoms with Gasteiger partial charge in [-0.25, -0.2) is 0 Å². The lowest BCUT2D eigenvalue weighted by Crippen LogP contribution is -2.00. The van der Waals surface area contributed by atoms with Gasteiger partial charge in [0, 0.05) is 11.1 Å². The first kappa shape index (κ1) is 20.1. The van der Waals surface area contributed by atoms with Crippen LogP contribution in [0.5, 0.6) is 0 Å². The lowest BCUT2D eigenvalue weighted by molar-refractivity contribution is 0.514. The summed E-state index contributed by atoms with van der Waals surface area (Å²) in [6.45, 7) is 6.45. The molecule has 0 aliphatic heterocycles. The van der Waals surface area contributed by atoms with Crippen molar-refractivity contribution in [1.29, 1.82) is 0 Å². The Bertz CT molecular complexity index is 1480. The van der Waals surface area contributed by atoms with E-state index in [0.29, 0.717) is 5.76 Å². The molecule has 0 heterocycles. The summed E-state index contributed by atoms with van der Waals surface area (Å²) in [6, 6.07) is 33.3. The molecular formula is C31H26O. The Balaban J connectivity index is 1.98. The Morgan fingerprint density at radius 2 is 1.03 bits per heavy atom. The van der Waals surface area contributed by atoms with E-state index in [1.54, 1.807) is 0 Å². The van der Waals surface area contributed by atoms with Crippen LogP contribution in [-0.4, -0.2) is 5.11 Å². The SMILES string of the molecule is Cc1ccc2c(C)c(/C(=C(\O)c3ccccc3)c3ccccc3)c3ccc(C)cc3c2c1. The summed E-state index contributed by atoms with van der Waals surface area (Å²) in [6.07, 6.45) is 0. The maximum absolute atomic E-state index is 11.6. The Morgan fingerprint density at radius 1 is 0.531 bits per heavy atom. The Kier molecular flexibility index (Phi) is 5.03. The van der Waals surface area contributed by atoms with Crippen molar-refractivity contribution in [2.75, 3.05) is 0 Å². The molecule has 1 heteroatoms. The normalized spacial score (nSPS) is 12.2. The minimum Gasteiger partial charge on any atom is -0.507 e. The van der Waals surface area contributed by atoms with Crippen molar-refractivity contribution < 1.29 is 5.11 Å². The van der Waals surface area contributed by atoms with Gasteiger partial charge in [-0.1, -0.05) is 108 Å². The molecule has 0 atom stereocenters. The summed E-state index contributed by atoms with van der Waals surface area (Å²) in [5, 5.41) is 16.5. The third-order valence-corrected chi connectivity index (χ3v) is 6.29. The largest absolute Gasteiger partial charge is 0.507 e. The average Bonchev–Trinajstić information content (AvgIpc) is 2.82. The minimum atomic E-state index is 0.299. The molecule has 0 spiro atoms. The van der Waals surface area contributed by atoms with Gasteiger partial charge in [-0.2, -0.15) is 0 Å². The van der Waals surface area contributed by atoms with Gasteiger partial charge in [-0.05, 0) is 59.0 Å². The predicted molar refractivity (Wildman–Crippen MR) is 137 cm³/mol. The van der Waals surface area contributed by atoms with Crippen molar-refractivity contribution in [3.8, 4) is 0 Å². The fraction of sp³-hybridized carbons (Fsp3) is 0.0968. The molecule has 0 saturated heterocycles. The van der Waals surface area contributed by atoms with Crippen molar-refractivity contribution in [3.63, 3.8) is 0 Å². The number of rotatable bonds is 3. The Morgan fingerprint density at radius 3 is 1.62 bits per heavy atom. The van der Waals surface area contributed by atoms with E-state index in [-0.39, 0.29) is 0 Å². The van der Waals surface area contributed by atoms with Crippen molar-refractivity contribution in [3.05, 3.63) is 130 Å². The van der Waals surface area contributed by atoms with E-state index >= 15 is 0 Å². The molecule has 32 heavy (non-hydrogen) atoms. The van der Waals surface area contributed by atoms with Gasteiger partial charge in [-0.3, -0.25) is 0 Å². The van der Waals surface area contributed by atoms with Gasteiger partial charge in [0.15, 0.2) is 0 Å². The summed E-state index contributed by atoms with van der Waals surface area (Å²) >= 11 is 0. The second-order valence-electron chi connectivity index (χ2n) is 8.55. The first-order valence-electron chi connectivity index (χ1n) is 11.0. The van der Waals surface area contributed by atoms with E-state index in [1.807, 2.05) is 48.5 Å². The summed E-state index contributed by atoms with van der Waals surface area (Å²) in [5.74, 6) is 0.299. The van der Waals surface area contributed by atoms with Crippen LogP contribution in [0.3, 0.4) is 0 Å². The molecule has 0 unspecified atom stereocenters. The van der Waals surface area contributed by atoms with Crippen LogP contribution in [0.25, 0.3) is 32.9 Å². The van der Waals surface area contributed by atoms with Crippen LogP contribution in [0.2, 0.25) is 0 Å². The molecule has 0 aliphatic carbocycles. The molecular weight excluding hydrogens is 388 g/mol. The number of benzene rings is 5. The van der Waals surface area contributed by atoms with E-state index in [2.05, 4.69) is 69.3 Å². The smallest absolute Gasteiger partial charge is 0.131 e. The molecule has 0 fully saturated rings. The predicted octanol–water partition coefficient (Wildman–Crippen LogP) is 8.39. The molecule has 0 aliphatic rings. The third kappa shape index (κ3) is 3.36. The fourth-order valence-electron chi connectivity index (χ4n) is 4.71. The zero-order valence-corrected chi connectivity index (χ0v) is 18.7. The molecule has 0 saturated carbocycles. The van der Waals surface area contributed by atoms with E-state index < -0.39 is 0 Å². The highest BCUT2D eigenvalue weighted by Crippen LogP contribution is 2.41. The first-order chi connectivity index (χ1) is 15.5. The molecule has 5 aromatic carbocycles. The summed E-state index contributed by atoms with van der Waals surface area (Å²) < 4.78 is 0. The summed E-state index contributed by atoms with van der Waals surface area (Å²) in [5.41, 5.74) is 7.43. The minimum absolute atomic E-state index is 0.299. The van der Waals surface area contributed by atoms with Crippen molar-refractivity contribution in [2.24, 2.45) is 0 Å². The number of aryl methyl sites for hydroxylation is 3. The van der Waals surface area contributed by atoms with Gasteiger partial charge in [0.05, 0.1) is 0 Å². The van der Waals surface area contributed by atoms with Crippen molar-refractivity contribution in [1.82, 2.24) is 0 Å². The van der Waals surface area contributed by atoms with Gasteiger partial charge in [0.2, 0.25) is 0 Å². The standard InChI is InChI=1S/C31H26O/c1-20-14-16-25-22(3)29(26-17-15-21(2)19-28(26)27(25)18-20)30(23-10-6-4-7-11-23)31(32)24-12-8-5-9-13-24/h4-19,32H,1-3H3/b31-30-. The van der Waals surface area contributed by atoms with Gasteiger partial charge in [0.1, 0.15) is 5.76 Å². The first-order valence-corrected chi connectivity index (χ1v) is 11.0. The van der Waals surface area contributed by atoms with Gasteiger partial charge in [0.25, 0.3) is 0 Å². The van der Waals surface area contributed by atoms with E-state index in [9.17, 15) is 5.11 Å². The second kappa shape index (κ2) is 8.01. The van der Waals surface area contributed by atoms with Crippen molar-refractivity contribution in [2.45, 2.75) is 20.8 Å². The average molecular weight is 415 g/mol. The van der Waals surface area contributed by atoms with Gasteiger partial charge in [-0.15, -0.1) is 0 Å². The molecule has 0 aromatic heterocycles. The van der Waals surface area contributed by atoms with Gasteiger partial charge >= 0.3 is 0 Å². The number of fused-ring (bicyclic) bond motifs is 3. The molecule has 1 N–H and O–H groups in total.